The smallest absolute Gasteiger partial charge is 0.309 e. The van der Waals surface area contributed by atoms with Gasteiger partial charge in [0.05, 0.1) is 0 Å². The molecule has 1 aromatic rings. The van der Waals surface area contributed by atoms with Crippen molar-refractivity contribution in [3.63, 3.8) is 0 Å². The minimum absolute atomic E-state index is 0.215. The number of nitrogens with one attached hydrogen (secondary N) is 2. The molecule has 0 aromatic heterocycles. The average molecular weight is 275 g/mol. The first-order valence-corrected chi connectivity index (χ1v) is 6.91. The van der Waals surface area contributed by atoms with Gasteiger partial charge in [-0.3, -0.25) is 9.59 Å². The average Bonchev–Trinajstić information content (AvgIpc) is 3.23. The Morgan fingerprint density at radius 2 is 1.80 bits per heavy atom. The number of carbonyl (C=O) groups excluding carboxylic acids is 2. The van der Waals surface area contributed by atoms with Gasteiger partial charge < -0.3 is 15.5 Å². The third-order valence-electron chi connectivity index (χ3n) is 3.27. The van der Waals surface area contributed by atoms with Crippen molar-refractivity contribution in [2.45, 2.75) is 25.3 Å². The zero-order valence-electron chi connectivity index (χ0n) is 12.0. The van der Waals surface area contributed by atoms with Crippen LogP contribution in [-0.2, 0) is 16.0 Å². The molecule has 5 nitrogen and oxygen atoms in total. The Bertz CT molecular complexity index is 478. The van der Waals surface area contributed by atoms with E-state index in [1.165, 1.54) is 0 Å². The van der Waals surface area contributed by atoms with Crippen LogP contribution < -0.4 is 15.5 Å². The van der Waals surface area contributed by atoms with Crippen molar-refractivity contribution < 1.29 is 9.59 Å². The van der Waals surface area contributed by atoms with Gasteiger partial charge in [-0.2, -0.15) is 0 Å². The first-order chi connectivity index (χ1) is 9.56. The highest BCUT2D eigenvalue weighted by Crippen LogP contribution is 2.18. The summed E-state index contributed by atoms with van der Waals surface area (Å²) in [6.45, 7) is 0.470. The molecule has 2 amide bonds. The van der Waals surface area contributed by atoms with E-state index in [4.69, 9.17) is 0 Å². The molecule has 1 fully saturated rings. The first-order valence-electron chi connectivity index (χ1n) is 6.91. The molecular weight excluding hydrogens is 254 g/mol. The van der Waals surface area contributed by atoms with Crippen LogP contribution in [0.4, 0.5) is 5.69 Å². The SMILES string of the molecule is CN(C)c1ccc(CCNC(=O)C(=O)NC2CC2)cc1. The van der Waals surface area contributed by atoms with E-state index in [-0.39, 0.29) is 6.04 Å². The standard InChI is InChI=1S/C15H21N3O2/c1-18(2)13-7-3-11(4-8-13)9-10-16-14(19)15(20)17-12-5-6-12/h3-4,7-8,12H,5-6,9-10H2,1-2H3,(H,16,19)(H,17,20). The molecule has 1 aliphatic rings. The van der Waals surface area contributed by atoms with Gasteiger partial charge in [0.2, 0.25) is 0 Å². The van der Waals surface area contributed by atoms with Gasteiger partial charge in [0.1, 0.15) is 0 Å². The van der Waals surface area contributed by atoms with Crippen molar-refractivity contribution in [2.24, 2.45) is 0 Å². The number of hydrogen-bond acceptors (Lipinski definition) is 3. The molecule has 1 aromatic carbocycles. The minimum Gasteiger partial charge on any atom is -0.378 e. The van der Waals surface area contributed by atoms with Crippen LogP contribution in [0.25, 0.3) is 0 Å². The highest BCUT2D eigenvalue weighted by molar-refractivity contribution is 6.35. The van der Waals surface area contributed by atoms with E-state index in [0.717, 1.165) is 30.5 Å². The van der Waals surface area contributed by atoms with Gasteiger partial charge in [-0.25, -0.2) is 0 Å². The van der Waals surface area contributed by atoms with Crippen LogP contribution in [0.3, 0.4) is 0 Å². The summed E-state index contributed by atoms with van der Waals surface area (Å²) in [4.78, 5) is 25.0. The Hall–Kier alpha value is -2.04. The number of amides is 2. The monoisotopic (exact) mass is 275 g/mol. The summed E-state index contributed by atoms with van der Waals surface area (Å²) in [7, 11) is 3.99. The van der Waals surface area contributed by atoms with Gasteiger partial charge >= 0.3 is 11.8 Å². The second kappa shape index (κ2) is 6.41. The highest BCUT2D eigenvalue weighted by atomic mass is 16.2. The molecule has 2 rings (SSSR count). The summed E-state index contributed by atoms with van der Waals surface area (Å²) < 4.78 is 0. The summed E-state index contributed by atoms with van der Waals surface area (Å²) in [6, 6.07) is 8.36. The van der Waals surface area contributed by atoms with Gasteiger partial charge in [-0.05, 0) is 37.0 Å². The summed E-state index contributed by atoms with van der Waals surface area (Å²) >= 11 is 0. The first kappa shape index (κ1) is 14.4. The van der Waals surface area contributed by atoms with Gasteiger partial charge in [0.15, 0.2) is 0 Å². The van der Waals surface area contributed by atoms with Gasteiger partial charge in [-0.15, -0.1) is 0 Å². The van der Waals surface area contributed by atoms with Crippen LogP contribution in [0.1, 0.15) is 18.4 Å². The number of anilines is 1. The summed E-state index contributed by atoms with van der Waals surface area (Å²) in [6.07, 6.45) is 2.69. The molecule has 20 heavy (non-hydrogen) atoms. The molecule has 0 spiro atoms. The molecule has 0 heterocycles. The largest absolute Gasteiger partial charge is 0.378 e. The molecule has 1 saturated carbocycles. The fourth-order valence-corrected chi connectivity index (χ4v) is 1.84. The van der Waals surface area contributed by atoms with Crippen molar-refractivity contribution in [3.05, 3.63) is 29.8 Å². The van der Waals surface area contributed by atoms with Crippen molar-refractivity contribution in [1.29, 1.82) is 0 Å². The summed E-state index contributed by atoms with van der Waals surface area (Å²) in [5.74, 6) is -1.06. The Labute approximate surface area is 119 Å². The zero-order chi connectivity index (χ0) is 14.5. The van der Waals surface area contributed by atoms with E-state index in [0.29, 0.717) is 6.54 Å². The predicted octanol–water partition coefficient (Wildman–Crippen LogP) is 0.690. The lowest BCUT2D eigenvalue weighted by atomic mass is 10.1. The lowest BCUT2D eigenvalue weighted by molar-refractivity contribution is -0.139. The third-order valence-corrected chi connectivity index (χ3v) is 3.27. The molecule has 0 radical (unpaired) electrons. The van der Waals surface area contributed by atoms with Crippen molar-refractivity contribution in [3.8, 4) is 0 Å². The molecule has 0 bridgehead atoms. The van der Waals surface area contributed by atoms with Crippen molar-refractivity contribution in [2.75, 3.05) is 25.5 Å². The summed E-state index contributed by atoms with van der Waals surface area (Å²) in [5, 5.41) is 5.31. The molecule has 0 unspecified atom stereocenters. The van der Waals surface area contributed by atoms with Crippen LogP contribution >= 0.6 is 0 Å². The van der Waals surface area contributed by atoms with Gasteiger partial charge in [-0.1, -0.05) is 12.1 Å². The molecule has 2 N–H and O–H groups in total. The lowest BCUT2D eigenvalue weighted by Crippen LogP contribution is -2.41. The van der Waals surface area contributed by atoms with Crippen LogP contribution in [-0.4, -0.2) is 38.5 Å². The summed E-state index contributed by atoms with van der Waals surface area (Å²) in [5.41, 5.74) is 2.28. The van der Waals surface area contributed by atoms with E-state index >= 15 is 0 Å². The fraction of sp³-hybridized carbons (Fsp3) is 0.467. The predicted molar refractivity (Wildman–Crippen MR) is 78.6 cm³/mol. The normalized spacial score (nSPS) is 13.7. The van der Waals surface area contributed by atoms with E-state index in [2.05, 4.69) is 10.6 Å². The minimum atomic E-state index is -0.540. The Morgan fingerprint density at radius 3 is 2.35 bits per heavy atom. The fourth-order valence-electron chi connectivity index (χ4n) is 1.84. The van der Waals surface area contributed by atoms with Crippen molar-refractivity contribution >= 4 is 17.5 Å². The molecule has 0 aliphatic heterocycles. The lowest BCUT2D eigenvalue weighted by Gasteiger charge is -2.12. The quantitative estimate of drug-likeness (QED) is 0.777. The van der Waals surface area contributed by atoms with E-state index in [9.17, 15) is 9.59 Å². The van der Waals surface area contributed by atoms with Crippen molar-refractivity contribution in [1.82, 2.24) is 10.6 Å². The van der Waals surface area contributed by atoms with Gasteiger partial charge in [0.25, 0.3) is 0 Å². The molecule has 108 valence electrons. The number of rotatable bonds is 5. The molecule has 0 saturated heterocycles. The van der Waals surface area contributed by atoms with E-state index < -0.39 is 11.8 Å². The Kier molecular flexibility index (Phi) is 4.61. The number of carbonyl (C=O) groups is 2. The Balaban J connectivity index is 1.71. The molecule has 1 aliphatic carbocycles. The zero-order valence-corrected chi connectivity index (χ0v) is 12.0. The number of hydrogen-bond donors (Lipinski definition) is 2. The molecule has 5 heteroatoms. The van der Waals surface area contributed by atoms with Crippen LogP contribution in [0.5, 0.6) is 0 Å². The second-order valence-electron chi connectivity index (χ2n) is 5.31. The molecule has 0 atom stereocenters. The molecular formula is C15H21N3O2. The Morgan fingerprint density at radius 1 is 1.15 bits per heavy atom. The van der Waals surface area contributed by atoms with E-state index in [1.807, 2.05) is 43.3 Å². The maximum Gasteiger partial charge on any atom is 0.309 e. The van der Waals surface area contributed by atoms with Crippen LogP contribution in [0, 0.1) is 0 Å². The van der Waals surface area contributed by atoms with Crippen LogP contribution in [0.2, 0.25) is 0 Å². The third kappa shape index (κ3) is 4.26. The topological polar surface area (TPSA) is 61.4 Å². The number of benzene rings is 1. The highest BCUT2D eigenvalue weighted by Gasteiger charge is 2.25. The second-order valence-corrected chi connectivity index (χ2v) is 5.31. The van der Waals surface area contributed by atoms with Crippen LogP contribution in [0.15, 0.2) is 24.3 Å². The number of nitrogens with zero attached hydrogens (tertiary/aromatic N) is 1. The maximum absolute atomic E-state index is 11.5. The van der Waals surface area contributed by atoms with Gasteiger partial charge in [0, 0.05) is 32.4 Å². The maximum atomic E-state index is 11.5. The van der Waals surface area contributed by atoms with E-state index in [1.54, 1.807) is 0 Å².